The van der Waals surface area contributed by atoms with E-state index in [0.717, 1.165) is 0 Å². The Balaban J connectivity index is 2.33. The van der Waals surface area contributed by atoms with Gasteiger partial charge in [0.05, 0.1) is 6.20 Å². The molecule has 0 N–H and O–H groups in total. The maximum Gasteiger partial charge on any atom is 0.149 e. The lowest BCUT2D eigenvalue weighted by Gasteiger charge is -1.98. The zero-order chi connectivity index (χ0) is 9.36. The summed E-state index contributed by atoms with van der Waals surface area (Å²) in [5, 5.41) is 0. The highest BCUT2D eigenvalue weighted by atomic mass is 35.5. The first-order chi connectivity index (χ1) is 6.43. The summed E-state index contributed by atoms with van der Waals surface area (Å²) in [6, 6.07) is 3.63. The van der Waals surface area contributed by atoms with Crippen molar-refractivity contribution in [2.75, 3.05) is 6.61 Å². The molecule has 0 aliphatic heterocycles. The van der Waals surface area contributed by atoms with Gasteiger partial charge in [0.25, 0.3) is 0 Å². The Morgan fingerprint density at radius 1 is 1.62 bits per heavy atom. The molecular formula is C10H8ClNO. The number of hydrogen-bond acceptors (Lipinski definition) is 2. The second-order valence-corrected chi connectivity index (χ2v) is 2.34. The van der Waals surface area contributed by atoms with Crippen LogP contribution in [0.25, 0.3) is 0 Å². The Hall–Kier alpha value is -1.46. The lowest BCUT2D eigenvalue weighted by molar-refractivity contribution is 0.368. The normalized spacial score (nSPS) is 9.31. The van der Waals surface area contributed by atoms with E-state index in [0.29, 0.717) is 12.4 Å². The maximum atomic E-state index is 5.26. The molecule has 0 amide bonds. The van der Waals surface area contributed by atoms with Crippen LogP contribution in [0.4, 0.5) is 0 Å². The summed E-state index contributed by atoms with van der Waals surface area (Å²) in [5.41, 5.74) is 1.36. The van der Waals surface area contributed by atoms with E-state index < -0.39 is 0 Å². The van der Waals surface area contributed by atoms with E-state index in [1.54, 1.807) is 24.5 Å². The average Bonchev–Trinajstić information content (AvgIpc) is 2.19. The highest BCUT2D eigenvalue weighted by Gasteiger charge is 1.86. The molecule has 0 saturated carbocycles. The molecule has 1 heterocycles. The van der Waals surface area contributed by atoms with Gasteiger partial charge in [-0.1, -0.05) is 23.4 Å². The smallest absolute Gasteiger partial charge is 0.149 e. The number of allylic oxidation sites excluding steroid dienone is 1. The summed E-state index contributed by atoms with van der Waals surface area (Å²) < 4.78 is 5.24. The monoisotopic (exact) mass is 193 g/mol. The van der Waals surface area contributed by atoms with Gasteiger partial charge in [0.2, 0.25) is 0 Å². The third-order valence-electron chi connectivity index (χ3n) is 1.19. The molecule has 0 aliphatic rings. The molecule has 0 aliphatic carbocycles. The standard InChI is InChI=1S/C10H8ClNO/c11-6-2-1-3-8-13-10-5-4-7-12-9-10/h2,4-7,9H,8H2/b6-2+. The second-order valence-electron chi connectivity index (χ2n) is 2.09. The summed E-state index contributed by atoms with van der Waals surface area (Å²) in [7, 11) is 0. The third-order valence-corrected chi connectivity index (χ3v) is 1.32. The SMILES string of the molecule is Cl/C=C/C#CCOc1cccnc1. The largest absolute Gasteiger partial charge is 0.479 e. The van der Waals surface area contributed by atoms with E-state index in [2.05, 4.69) is 16.8 Å². The number of pyridine rings is 1. The maximum absolute atomic E-state index is 5.26. The van der Waals surface area contributed by atoms with Gasteiger partial charge in [-0.3, -0.25) is 4.98 Å². The van der Waals surface area contributed by atoms with Crippen molar-refractivity contribution < 1.29 is 4.74 Å². The van der Waals surface area contributed by atoms with Crippen LogP contribution in [0.1, 0.15) is 0 Å². The van der Waals surface area contributed by atoms with Crippen LogP contribution in [0, 0.1) is 11.8 Å². The van der Waals surface area contributed by atoms with Gasteiger partial charge in [-0.2, -0.15) is 0 Å². The highest BCUT2D eigenvalue weighted by molar-refractivity contribution is 6.25. The summed E-state index contributed by atoms with van der Waals surface area (Å²) >= 11 is 5.26. The number of hydrogen-bond donors (Lipinski definition) is 0. The molecule has 0 saturated heterocycles. The van der Waals surface area contributed by atoms with Gasteiger partial charge in [0.15, 0.2) is 0 Å². The summed E-state index contributed by atoms with van der Waals surface area (Å²) in [6.45, 7) is 0.340. The summed E-state index contributed by atoms with van der Waals surface area (Å²) in [4.78, 5) is 3.89. The van der Waals surface area contributed by atoms with E-state index in [1.807, 2.05) is 6.07 Å². The van der Waals surface area contributed by atoms with E-state index >= 15 is 0 Å². The molecule has 0 aromatic carbocycles. The van der Waals surface area contributed by atoms with Crippen LogP contribution in [-0.4, -0.2) is 11.6 Å². The van der Waals surface area contributed by atoms with Crippen molar-refractivity contribution in [2.24, 2.45) is 0 Å². The molecule has 2 nitrogen and oxygen atoms in total. The van der Waals surface area contributed by atoms with Crippen LogP contribution in [-0.2, 0) is 0 Å². The van der Waals surface area contributed by atoms with E-state index in [-0.39, 0.29) is 0 Å². The van der Waals surface area contributed by atoms with Crippen LogP contribution >= 0.6 is 11.6 Å². The minimum Gasteiger partial charge on any atom is -0.479 e. The van der Waals surface area contributed by atoms with Gasteiger partial charge in [0.1, 0.15) is 12.4 Å². The predicted molar refractivity (Wildman–Crippen MR) is 52.5 cm³/mol. The minimum absolute atomic E-state index is 0.340. The Kier molecular flexibility index (Phi) is 4.52. The molecule has 0 fully saturated rings. The molecule has 0 bridgehead atoms. The Labute approximate surface area is 82.2 Å². The van der Waals surface area contributed by atoms with Crippen molar-refractivity contribution in [3.05, 3.63) is 36.1 Å². The van der Waals surface area contributed by atoms with E-state index in [4.69, 9.17) is 16.3 Å². The van der Waals surface area contributed by atoms with Crippen molar-refractivity contribution in [3.63, 3.8) is 0 Å². The molecule has 0 unspecified atom stereocenters. The zero-order valence-electron chi connectivity index (χ0n) is 6.90. The van der Waals surface area contributed by atoms with Gasteiger partial charge in [0, 0.05) is 11.7 Å². The lowest BCUT2D eigenvalue weighted by Crippen LogP contribution is -1.93. The third kappa shape index (κ3) is 4.19. The number of ether oxygens (including phenoxy) is 1. The Morgan fingerprint density at radius 2 is 2.54 bits per heavy atom. The van der Waals surface area contributed by atoms with Crippen LogP contribution in [0.3, 0.4) is 0 Å². The van der Waals surface area contributed by atoms with Crippen molar-refractivity contribution in [2.45, 2.75) is 0 Å². The minimum atomic E-state index is 0.340. The second kappa shape index (κ2) is 6.10. The number of nitrogens with zero attached hydrogens (tertiary/aromatic N) is 1. The van der Waals surface area contributed by atoms with Crippen molar-refractivity contribution >= 4 is 11.6 Å². The number of halogens is 1. The molecule has 66 valence electrons. The van der Waals surface area contributed by atoms with Crippen molar-refractivity contribution in [3.8, 4) is 17.6 Å². The first kappa shape index (κ1) is 9.63. The van der Waals surface area contributed by atoms with E-state index in [1.165, 1.54) is 5.54 Å². The molecule has 0 atom stereocenters. The lowest BCUT2D eigenvalue weighted by atomic mass is 10.5. The molecule has 13 heavy (non-hydrogen) atoms. The topological polar surface area (TPSA) is 22.1 Å². The van der Waals surface area contributed by atoms with Gasteiger partial charge in [-0.15, -0.1) is 0 Å². The Morgan fingerprint density at radius 3 is 3.23 bits per heavy atom. The van der Waals surface area contributed by atoms with Crippen LogP contribution < -0.4 is 4.74 Å². The quantitative estimate of drug-likeness (QED) is 0.672. The molecule has 1 aromatic rings. The number of rotatable bonds is 2. The van der Waals surface area contributed by atoms with Crippen LogP contribution in [0.5, 0.6) is 5.75 Å². The predicted octanol–water partition coefficient (Wildman–Crippen LogP) is 2.22. The van der Waals surface area contributed by atoms with Gasteiger partial charge >= 0.3 is 0 Å². The van der Waals surface area contributed by atoms with Crippen LogP contribution in [0.15, 0.2) is 36.1 Å². The average molecular weight is 194 g/mol. The first-order valence-electron chi connectivity index (χ1n) is 3.70. The first-order valence-corrected chi connectivity index (χ1v) is 4.13. The highest BCUT2D eigenvalue weighted by Crippen LogP contribution is 2.04. The zero-order valence-corrected chi connectivity index (χ0v) is 7.66. The molecular weight excluding hydrogens is 186 g/mol. The number of aromatic nitrogens is 1. The van der Waals surface area contributed by atoms with Gasteiger partial charge < -0.3 is 4.74 Å². The van der Waals surface area contributed by atoms with Gasteiger partial charge in [-0.25, -0.2) is 0 Å². The molecule has 1 aromatic heterocycles. The van der Waals surface area contributed by atoms with Crippen molar-refractivity contribution in [1.29, 1.82) is 0 Å². The summed E-state index contributed by atoms with van der Waals surface area (Å²) in [5.74, 6) is 6.18. The molecule has 3 heteroatoms. The van der Waals surface area contributed by atoms with Crippen molar-refractivity contribution in [1.82, 2.24) is 4.98 Å². The summed E-state index contributed by atoms with van der Waals surface area (Å²) in [6.07, 6.45) is 4.88. The molecule has 0 radical (unpaired) electrons. The fraction of sp³-hybridized carbons (Fsp3) is 0.100. The van der Waals surface area contributed by atoms with E-state index in [9.17, 15) is 0 Å². The van der Waals surface area contributed by atoms with Gasteiger partial charge in [-0.05, 0) is 18.2 Å². The fourth-order valence-corrected chi connectivity index (χ4v) is 0.747. The Bertz CT molecular complexity index is 324. The fourth-order valence-electron chi connectivity index (χ4n) is 0.684. The van der Waals surface area contributed by atoms with Crippen LogP contribution in [0.2, 0.25) is 0 Å². The molecule has 1 rings (SSSR count). The molecule has 0 spiro atoms.